The molecule has 174 valence electrons. The Hall–Kier alpha value is -3.73. The summed E-state index contributed by atoms with van der Waals surface area (Å²) in [5.41, 5.74) is 7.21. The summed E-state index contributed by atoms with van der Waals surface area (Å²) in [4.78, 5) is 13.7. The fourth-order valence-corrected chi connectivity index (χ4v) is 5.04. The number of carbonyl (C=O) groups excluding carboxylic acids is 1. The van der Waals surface area contributed by atoms with Gasteiger partial charge in [-0.25, -0.2) is 0 Å². The van der Waals surface area contributed by atoms with E-state index >= 15 is 0 Å². The maximum absolute atomic E-state index is 13.7. The number of rotatable bonds is 5. The Bertz CT molecular complexity index is 1250. The summed E-state index contributed by atoms with van der Waals surface area (Å²) in [5, 5.41) is 7.23. The quantitative estimate of drug-likeness (QED) is 0.477. The van der Waals surface area contributed by atoms with Crippen molar-refractivity contribution < 1.29 is 14.3 Å². The topological polar surface area (TPSA) is 59.6 Å². The minimum Gasteiger partial charge on any atom is -0.493 e. The van der Waals surface area contributed by atoms with Crippen molar-refractivity contribution in [2.45, 2.75) is 38.1 Å². The molecular weight excluding hydrogens is 424 g/mol. The molecule has 2 atom stereocenters. The highest BCUT2D eigenvalue weighted by atomic mass is 16.5. The second-order valence-corrected chi connectivity index (χ2v) is 8.88. The van der Waals surface area contributed by atoms with Gasteiger partial charge >= 0.3 is 0 Å². The van der Waals surface area contributed by atoms with Crippen LogP contribution in [0.3, 0.4) is 0 Å². The highest BCUT2D eigenvalue weighted by Crippen LogP contribution is 2.45. The standard InChI is InChI=1S/C29H30N2O3/c1-4-18-9-11-19(12-10-18)21-15-24-28(25(32)16-21)29(31-23-8-6-5-7-22(23)30-24)20-13-14-26(33-2)27(17-20)34-3/h5-14,17,21,29-31H,4,15-16H2,1-3H3. The number of hydrogen-bond acceptors (Lipinski definition) is 5. The van der Waals surface area contributed by atoms with Crippen LogP contribution in [0.4, 0.5) is 11.4 Å². The zero-order valence-electron chi connectivity index (χ0n) is 19.9. The number of nitrogens with one attached hydrogen (secondary N) is 2. The fraction of sp³-hybridized carbons (Fsp3) is 0.276. The zero-order valence-corrected chi connectivity index (χ0v) is 19.9. The molecule has 5 rings (SSSR count). The average Bonchev–Trinajstić information content (AvgIpc) is 3.05. The van der Waals surface area contributed by atoms with Gasteiger partial charge in [-0.3, -0.25) is 4.79 Å². The number of ether oxygens (including phenoxy) is 2. The van der Waals surface area contributed by atoms with Crippen molar-refractivity contribution in [1.29, 1.82) is 0 Å². The Labute approximate surface area is 200 Å². The van der Waals surface area contributed by atoms with Gasteiger partial charge in [0, 0.05) is 17.7 Å². The molecule has 5 heteroatoms. The van der Waals surface area contributed by atoms with Crippen LogP contribution < -0.4 is 20.1 Å². The highest BCUT2D eigenvalue weighted by Gasteiger charge is 2.36. The normalized spacial score (nSPS) is 19.3. The molecule has 1 aliphatic carbocycles. The van der Waals surface area contributed by atoms with Gasteiger partial charge in [0.2, 0.25) is 0 Å². The van der Waals surface area contributed by atoms with E-state index in [0.29, 0.717) is 17.9 Å². The van der Waals surface area contributed by atoms with E-state index in [4.69, 9.17) is 9.47 Å². The molecule has 0 saturated carbocycles. The smallest absolute Gasteiger partial charge is 0.163 e. The Balaban J connectivity index is 1.58. The van der Waals surface area contributed by atoms with Gasteiger partial charge in [-0.15, -0.1) is 0 Å². The molecule has 0 bridgehead atoms. The Morgan fingerprint density at radius 1 is 0.853 bits per heavy atom. The molecule has 2 N–H and O–H groups in total. The molecule has 0 radical (unpaired) electrons. The molecule has 0 aromatic heterocycles. The monoisotopic (exact) mass is 454 g/mol. The number of benzene rings is 3. The number of ketones is 1. The van der Waals surface area contributed by atoms with Crippen molar-refractivity contribution >= 4 is 17.2 Å². The zero-order chi connectivity index (χ0) is 23.7. The molecule has 0 spiro atoms. The van der Waals surface area contributed by atoms with E-state index < -0.39 is 0 Å². The van der Waals surface area contributed by atoms with Crippen LogP contribution in [-0.4, -0.2) is 20.0 Å². The van der Waals surface area contributed by atoms with Crippen LogP contribution in [0.25, 0.3) is 0 Å². The first-order chi connectivity index (χ1) is 16.6. The van der Waals surface area contributed by atoms with Crippen molar-refractivity contribution in [3.63, 3.8) is 0 Å². The number of hydrogen-bond donors (Lipinski definition) is 2. The Morgan fingerprint density at radius 3 is 2.26 bits per heavy atom. The number of carbonyl (C=O) groups is 1. The van der Waals surface area contributed by atoms with Gasteiger partial charge in [-0.1, -0.05) is 49.4 Å². The number of anilines is 2. The number of Topliss-reactive ketones (excluding diaryl/α,β-unsaturated/α-hetero) is 1. The van der Waals surface area contributed by atoms with Gasteiger partial charge in [0.15, 0.2) is 17.3 Å². The average molecular weight is 455 g/mol. The van der Waals surface area contributed by atoms with E-state index in [1.54, 1.807) is 14.2 Å². The fourth-order valence-electron chi connectivity index (χ4n) is 5.04. The summed E-state index contributed by atoms with van der Waals surface area (Å²) in [6.07, 6.45) is 2.29. The van der Waals surface area contributed by atoms with Crippen molar-refractivity contribution in [3.05, 3.63) is 94.7 Å². The minimum atomic E-state index is -0.290. The number of fused-ring (bicyclic) bond motifs is 1. The number of methoxy groups -OCH3 is 2. The number of allylic oxidation sites excluding steroid dienone is 1. The first kappa shape index (κ1) is 22.1. The predicted octanol–water partition coefficient (Wildman–Crippen LogP) is 6.25. The molecule has 1 heterocycles. The summed E-state index contributed by atoms with van der Waals surface area (Å²) < 4.78 is 11.0. The van der Waals surface area contributed by atoms with Crippen LogP contribution in [0.1, 0.15) is 48.4 Å². The van der Waals surface area contributed by atoms with Crippen LogP contribution in [0.2, 0.25) is 0 Å². The molecule has 0 saturated heterocycles. The number of aryl methyl sites for hydroxylation is 1. The van der Waals surface area contributed by atoms with Crippen LogP contribution in [0.15, 0.2) is 78.0 Å². The maximum atomic E-state index is 13.7. The number of para-hydroxylation sites is 2. The SMILES string of the molecule is CCc1ccc(C2CC(=O)C3=C(C2)Nc2ccccc2NC3c2ccc(OC)c(OC)c2)cc1. The third kappa shape index (κ3) is 4.03. The van der Waals surface area contributed by atoms with E-state index in [9.17, 15) is 4.79 Å². The minimum absolute atomic E-state index is 0.154. The van der Waals surface area contributed by atoms with Crippen molar-refractivity contribution in [2.24, 2.45) is 0 Å². The van der Waals surface area contributed by atoms with Gasteiger partial charge in [-0.05, 0) is 59.7 Å². The van der Waals surface area contributed by atoms with E-state index in [2.05, 4.69) is 41.8 Å². The molecular formula is C29H30N2O3. The lowest BCUT2D eigenvalue weighted by atomic mass is 9.78. The Morgan fingerprint density at radius 2 is 1.56 bits per heavy atom. The van der Waals surface area contributed by atoms with Gasteiger partial charge in [0.05, 0.1) is 31.6 Å². The highest BCUT2D eigenvalue weighted by molar-refractivity contribution is 6.01. The van der Waals surface area contributed by atoms with Gasteiger partial charge in [0.1, 0.15) is 0 Å². The Kier molecular flexibility index (Phi) is 6.01. The van der Waals surface area contributed by atoms with Gasteiger partial charge in [0.25, 0.3) is 0 Å². The summed E-state index contributed by atoms with van der Waals surface area (Å²) in [7, 11) is 3.25. The summed E-state index contributed by atoms with van der Waals surface area (Å²) >= 11 is 0. The molecule has 0 amide bonds. The van der Waals surface area contributed by atoms with Crippen LogP contribution in [0.5, 0.6) is 11.5 Å². The van der Waals surface area contributed by atoms with E-state index in [1.807, 2.05) is 42.5 Å². The first-order valence-electron chi connectivity index (χ1n) is 11.8. The van der Waals surface area contributed by atoms with Gasteiger partial charge < -0.3 is 20.1 Å². The second kappa shape index (κ2) is 9.26. The van der Waals surface area contributed by atoms with E-state index in [-0.39, 0.29) is 17.7 Å². The lowest BCUT2D eigenvalue weighted by Crippen LogP contribution is -2.26. The molecule has 2 aliphatic rings. The molecule has 2 unspecified atom stereocenters. The summed E-state index contributed by atoms with van der Waals surface area (Å²) in [6.45, 7) is 2.16. The lowest BCUT2D eigenvalue weighted by molar-refractivity contribution is -0.116. The van der Waals surface area contributed by atoms with Crippen LogP contribution in [-0.2, 0) is 11.2 Å². The largest absolute Gasteiger partial charge is 0.493 e. The van der Waals surface area contributed by atoms with Crippen LogP contribution >= 0.6 is 0 Å². The van der Waals surface area contributed by atoms with Crippen molar-refractivity contribution in [1.82, 2.24) is 0 Å². The molecule has 1 aliphatic heterocycles. The van der Waals surface area contributed by atoms with Gasteiger partial charge in [-0.2, -0.15) is 0 Å². The van der Waals surface area contributed by atoms with Crippen LogP contribution in [0, 0.1) is 0 Å². The van der Waals surface area contributed by atoms with Crippen molar-refractivity contribution in [2.75, 3.05) is 24.9 Å². The first-order valence-corrected chi connectivity index (χ1v) is 11.8. The third-order valence-corrected chi connectivity index (χ3v) is 6.91. The second-order valence-electron chi connectivity index (χ2n) is 8.88. The molecule has 0 fully saturated rings. The molecule has 5 nitrogen and oxygen atoms in total. The van der Waals surface area contributed by atoms with Crippen molar-refractivity contribution in [3.8, 4) is 11.5 Å². The maximum Gasteiger partial charge on any atom is 0.163 e. The molecule has 34 heavy (non-hydrogen) atoms. The predicted molar refractivity (Wildman–Crippen MR) is 136 cm³/mol. The third-order valence-electron chi connectivity index (χ3n) is 6.91. The van der Waals surface area contributed by atoms with E-state index in [0.717, 1.165) is 41.1 Å². The molecule has 3 aromatic carbocycles. The molecule has 3 aromatic rings. The van der Waals surface area contributed by atoms with E-state index in [1.165, 1.54) is 11.1 Å². The summed E-state index contributed by atoms with van der Waals surface area (Å²) in [6, 6.07) is 22.4. The lowest BCUT2D eigenvalue weighted by Gasteiger charge is -2.30. The summed E-state index contributed by atoms with van der Waals surface area (Å²) in [5.74, 6) is 1.63.